The lowest BCUT2D eigenvalue weighted by Crippen LogP contribution is -2.30. The summed E-state index contributed by atoms with van der Waals surface area (Å²) in [5.74, 6) is 0. The molecule has 0 spiro atoms. The van der Waals surface area contributed by atoms with Gasteiger partial charge in [0, 0.05) is 19.6 Å². The van der Waals surface area contributed by atoms with Gasteiger partial charge in [-0.2, -0.15) is 5.26 Å². The van der Waals surface area contributed by atoms with Crippen LogP contribution in [0.3, 0.4) is 0 Å². The normalized spacial score (nSPS) is 15.9. The quantitative estimate of drug-likeness (QED) is 0.821. The van der Waals surface area contributed by atoms with Crippen LogP contribution < -0.4 is 10.6 Å². The van der Waals surface area contributed by atoms with Crippen molar-refractivity contribution in [1.29, 1.82) is 5.26 Å². The molecule has 0 saturated carbocycles. The molecule has 1 saturated heterocycles. The molecule has 3 heteroatoms. The summed E-state index contributed by atoms with van der Waals surface area (Å²) in [5, 5.41) is 9.15. The van der Waals surface area contributed by atoms with Crippen molar-refractivity contribution in [2.24, 2.45) is 5.73 Å². The maximum absolute atomic E-state index is 9.15. The summed E-state index contributed by atoms with van der Waals surface area (Å²) >= 11 is 0. The number of hydrogen-bond acceptors (Lipinski definition) is 3. The third-order valence-corrected chi connectivity index (χ3v) is 3.11. The van der Waals surface area contributed by atoms with Gasteiger partial charge < -0.3 is 10.6 Å². The Hall–Kier alpha value is -1.53. The molecule has 1 aliphatic heterocycles. The van der Waals surface area contributed by atoms with Gasteiger partial charge in [-0.15, -0.1) is 0 Å². The first-order valence-corrected chi connectivity index (χ1v) is 5.83. The van der Waals surface area contributed by atoms with Crippen LogP contribution in [-0.4, -0.2) is 13.1 Å². The highest BCUT2D eigenvalue weighted by Crippen LogP contribution is 2.24. The summed E-state index contributed by atoms with van der Waals surface area (Å²) in [6.07, 6.45) is 3.76. The Labute approximate surface area is 96.5 Å². The highest BCUT2D eigenvalue weighted by molar-refractivity contribution is 5.60. The molecule has 1 fully saturated rings. The van der Waals surface area contributed by atoms with E-state index in [1.165, 1.54) is 19.3 Å². The molecule has 1 aromatic carbocycles. The second-order valence-electron chi connectivity index (χ2n) is 4.22. The average Bonchev–Trinajstić information content (AvgIpc) is 2.39. The molecule has 1 aromatic rings. The predicted octanol–water partition coefficient (Wildman–Crippen LogP) is 2.01. The molecule has 1 aliphatic rings. The van der Waals surface area contributed by atoms with Crippen LogP contribution in [0.1, 0.15) is 30.4 Å². The molecule has 0 radical (unpaired) electrons. The number of nitriles is 1. The van der Waals surface area contributed by atoms with E-state index in [0.717, 1.165) is 29.9 Å². The lowest BCUT2D eigenvalue weighted by atomic mass is 10.1. The standard InChI is InChI=1S/C13H17N3/c14-9-11-4-5-13(12(8-11)10-15)16-6-2-1-3-7-16/h4-5,8H,1-3,6-7,9,14H2. The Bertz CT molecular complexity index is 400. The highest BCUT2D eigenvalue weighted by Gasteiger charge is 2.14. The van der Waals surface area contributed by atoms with Crippen LogP contribution in [-0.2, 0) is 6.54 Å². The third-order valence-electron chi connectivity index (χ3n) is 3.11. The van der Waals surface area contributed by atoms with Crippen molar-refractivity contribution in [3.63, 3.8) is 0 Å². The molecule has 0 aromatic heterocycles. The van der Waals surface area contributed by atoms with Gasteiger partial charge in [-0.25, -0.2) is 0 Å². The van der Waals surface area contributed by atoms with Crippen molar-refractivity contribution in [3.05, 3.63) is 29.3 Å². The number of piperidine rings is 1. The first kappa shape index (κ1) is 11.0. The summed E-state index contributed by atoms with van der Waals surface area (Å²) in [4.78, 5) is 2.31. The first-order chi connectivity index (χ1) is 7.85. The van der Waals surface area contributed by atoms with Gasteiger partial charge in [0.2, 0.25) is 0 Å². The Morgan fingerprint density at radius 3 is 2.62 bits per heavy atom. The topological polar surface area (TPSA) is 53.1 Å². The molecule has 2 rings (SSSR count). The van der Waals surface area contributed by atoms with Gasteiger partial charge in [0.25, 0.3) is 0 Å². The fraction of sp³-hybridized carbons (Fsp3) is 0.462. The number of benzene rings is 1. The molecule has 0 atom stereocenters. The van der Waals surface area contributed by atoms with E-state index in [-0.39, 0.29) is 0 Å². The minimum Gasteiger partial charge on any atom is -0.370 e. The number of rotatable bonds is 2. The largest absolute Gasteiger partial charge is 0.370 e. The molecule has 2 N–H and O–H groups in total. The summed E-state index contributed by atoms with van der Waals surface area (Å²) in [5.41, 5.74) is 8.43. The summed E-state index contributed by atoms with van der Waals surface area (Å²) in [6, 6.07) is 8.23. The van der Waals surface area contributed by atoms with Crippen LogP contribution in [0.25, 0.3) is 0 Å². The molecule has 84 valence electrons. The van der Waals surface area contributed by atoms with E-state index in [1.54, 1.807) is 0 Å². The van der Waals surface area contributed by atoms with Crippen LogP contribution in [0, 0.1) is 11.3 Å². The Kier molecular flexibility index (Phi) is 3.43. The van der Waals surface area contributed by atoms with Gasteiger partial charge in [0.05, 0.1) is 11.3 Å². The van der Waals surface area contributed by atoms with Crippen molar-refractivity contribution in [2.45, 2.75) is 25.8 Å². The van der Waals surface area contributed by atoms with Crippen LogP contribution in [0.5, 0.6) is 0 Å². The molecule has 1 heterocycles. The average molecular weight is 215 g/mol. The van der Waals surface area contributed by atoms with Gasteiger partial charge in [-0.05, 0) is 37.0 Å². The minimum atomic E-state index is 0.495. The lowest BCUT2D eigenvalue weighted by Gasteiger charge is -2.29. The monoisotopic (exact) mass is 215 g/mol. The van der Waals surface area contributed by atoms with Crippen LogP contribution in [0.2, 0.25) is 0 Å². The van der Waals surface area contributed by atoms with Crippen molar-refractivity contribution in [3.8, 4) is 6.07 Å². The second-order valence-corrected chi connectivity index (χ2v) is 4.22. The van der Waals surface area contributed by atoms with E-state index < -0.39 is 0 Å². The van der Waals surface area contributed by atoms with E-state index >= 15 is 0 Å². The SMILES string of the molecule is N#Cc1cc(CN)ccc1N1CCCCC1. The Balaban J connectivity index is 2.29. The van der Waals surface area contributed by atoms with Crippen LogP contribution in [0.15, 0.2) is 18.2 Å². The van der Waals surface area contributed by atoms with Crippen LogP contribution >= 0.6 is 0 Å². The zero-order chi connectivity index (χ0) is 11.4. The maximum Gasteiger partial charge on any atom is 0.101 e. The molecular formula is C13H17N3. The predicted molar refractivity (Wildman–Crippen MR) is 65.1 cm³/mol. The fourth-order valence-electron chi connectivity index (χ4n) is 2.21. The zero-order valence-corrected chi connectivity index (χ0v) is 9.45. The molecule has 16 heavy (non-hydrogen) atoms. The number of anilines is 1. The maximum atomic E-state index is 9.15. The van der Waals surface area contributed by atoms with E-state index in [1.807, 2.05) is 18.2 Å². The van der Waals surface area contributed by atoms with Gasteiger partial charge in [-0.1, -0.05) is 6.07 Å². The van der Waals surface area contributed by atoms with Gasteiger partial charge >= 0.3 is 0 Å². The number of nitrogens with two attached hydrogens (primary N) is 1. The summed E-state index contributed by atoms with van der Waals surface area (Å²) in [7, 11) is 0. The molecule has 3 nitrogen and oxygen atoms in total. The second kappa shape index (κ2) is 5.00. The van der Waals surface area contributed by atoms with E-state index in [0.29, 0.717) is 6.54 Å². The van der Waals surface area contributed by atoms with Gasteiger partial charge in [-0.3, -0.25) is 0 Å². The van der Waals surface area contributed by atoms with Gasteiger partial charge in [0.1, 0.15) is 6.07 Å². The smallest absolute Gasteiger partial charge is 0.101 e. The highest BCUT2D eigenvalue weighted by atomic mass is 15.1. The van der Waals surface area contributed by atoms with E-state index in [2.05, 4.69) is 11.0 Å². The lowest BCUT2D eigenvalue weighted by molar-refractivity contribution is 0.577. The minimum absolute atomic E-state index is 0.495. The van der Waals surface area contributed by atoms with E-state index in [4.69, 9.17) is 11.0 Å². The number of nitrogens with zero attached hydrogens (tertiary/aromatic N) is 2. The fourth-order valence-corrected chi connectivity index (χ4v) is 2.21. The molecule has 0 amide bonds. The van der Waals surface area contributed by atoms with E-state index in [9.17, 15) is 0 Å². The summed E-state index contributed by atoms with van der Waals surface area (Å²) < 4.78 is 0. The van der Waals surface area contributed by atoms with Crippen molar-refractivity contribution in [2.75, 3.05) is 18.0 Å². The van der Waals surface area contributed by atoms with Crippen molar-refractivity contribution >= 4 is 5.69 Å². The Morgan fingerprint density at radius 2 is 2.00 bits per heavy atom. The first-order valence-electron chi connectivity index (χ1n) is 5.83. The van der Waals surface area contributed by atoms with Crippen LogP contribution in [0.4, 0.5) is 5.69 Å². The molecule has 0 unspecified atom stereocenters. The Morgan fingerprint density at radius 1 is 1.25 bits per heavy atom. The molecular weight excluding hydrogens is 198 g/mol. The zero-order valence-electron chi connectivity index (χ0n) is 9.45. The number of hydrogen-bond donors (Lipinski definition) is 1. The van der Waals surface area contributed by atoms with Crippen molar-refractivity contribution in [1.82, 2.24) is 0 Å². The summed E-state index contributed by atoms with van der Waals surface area (Å²) in [6.45, 7) is 2.63. The van der Waals surface area contributed by atoms with Gasteiger partial charge in [0.15, 0.2) is 0 Å². The molecule has 0 aliphatic carbocycles. The van der Waals surface area contributed by atoms with Crippen molar-refractivity contribution < 1.29 is 0 Å². The molecule has 0 bridgehead atoms. The third kappa shape index (κ3) is 2.17.